The first-order valence-corrected chi connectivity index (χ1v) is 15.2. The van der Waals surface area contributed by atoms with Crippen LogP contribution in [0.4, 0.5) is 10.1 Å². The maximum absolute atomic E-state index is 14.5. The Morgan fingerprint density at radius 2 is 1.93 bits per heavy atom. The van der Waals surface area contributed by atoms with Crippen LogP contribution < -0.4 is 10.5 Å². The molecule has 0 unspecified atom stereocenters. The largest absolute Gasteiger partial charge is 0.363 e. The predicted octanol–water partition coefficient (Wildman–Crippen LogP) is 7.01. The summed E-state index contributed by atoms with van der Waals surface area (Å²) in [5.41, 5.74) is 5.64. The zero-order valence-corrected chi connectivity index (χ0v) is 26.2. The van der Waals surface area contributed by atoms with Gasteiger partial charge in [-0.25, -0.2) is 4.39 Å². The molecule has 3 aromatic carbocycles. The molecular formula is C35H32ClFN6O2. The van der Waals surface area contributed by atoms with Crippen LogP contribution in [0.25, 0.3) is 38.6 Å². The molecule has 1 atom stereocenters. The van der Waals surface area contributed by atoms with E-state index in [1.165, 1.54) is 4.90 Å². The molecule has 0 bridgehead atoms. The van der Waals surface area contributed by atoms with Crippen LogP contribution in [0, 0.1) is 18.3 Å². The van der Waals surface area contributed by atoms with Crippen molar-refractivity contribution in [2.45, 2.75) is 39.7 Å². The van der Waals surface area contributed by atoms with E-state index in [-0.39, 0.29) is 37.2 Å². The van der Waals surface area contributed by atoms with Gasteiger partial charge in [0.25, 0.3) is 11.5 Å². The van der Waals surface area contributed by atoms with Gasteiger partial charge in [0, 0.05) is 47.0 Å². The highest BCUT2D eigenvalue weighted by atomic mass is 35.5. The van der Waals surface area contributed by atoms with E-state index < -0.39 is 17.3 Å². The predicted molar refractivity (Wildman–Crippen MR) is 177 cm³/mol. The van der Waals surface area contributed by atoms with Crippen molar-refractivity contribution >= 4 is 45.0 Å². The van der Waals surface area contributed by atoms with Gasteiger partial charge in [-0.1, -0.05) is 56.3 Å². The van der Waals surface area contributed by atoms with Crippen molar-refractivity contribution < 1.29 is 9.18 Å². The van der Waals surface area contributed by atoms with Gasteiger partial charge >= 0.3 is 0 Å². The Hall–Kier alpha value is -4.94. The fraction of sp³-hybridized carbons (Fsp3) is 0.257. The first kappa shape index (κ1) is 30.1. The summed E-state index contributed by atoms with van der Waals surface area (Å²) < 4.78 is 15.3. The first-order valence-electron chi connectivity index (χ1n) is 14.8. The highest BCUT2D eigenvalue weighted by Gasteiger charge is 2.33. The highest BCUT2D eigenvalue weighted by molar-refractivity contribution is 6.35. The number of nitriles is 1. The van der Waals surface area contributed by atoms with Gasteiger partial charge in [0.15, 0.2) is 5.83 Å². The Morgan fingerprint density at radius 1 is 1.18 bits per heavy atom. The highest BCUT2D eigenvalue weighted by Crippen LogP contribution is 2.42. The van der Waals surface area contributed by atoms with Gasteiger partial charge in [-0.15, -0.1) is 0 Å². The monoisotopic (exact) mass is 622 g/mol. The average Bonchev–Trinajstić information content (AvgIpc) is 3.49. The number of hydrogen-bond acceptors (Lipinski definition) is 5. The van der Waals surface area contributed by atoms with Gasteiger partial charge in [0.05, 0.1) is 28.6 Å². The Kier molecular flexibility index (Phi) is 7.71. The van der Waals surface area contributed by atoms with Crippen molar-refractivity contribution in [3.63, 3.8) is 0 Å². The number of aryl methyl sites for hydroxylation is 1. The minimum atomic E-state index is -1.02. The number of para-hydroxylation sites is 1. The number of carbonyl (C=O) groups is 1. The number of aromatic nitrogens is 3. The van der Waals surface area contributed by atoms with Crippen LogP contribution >= 0.6 is 11.6 Å². The van der Waals surface area contributed by atoms with Crippen LogP contribution in [-0.4, -0.2) is 51.2 Å². The lowest BCUT2D eigenvalue weighted by Gasteiger charge is -2.41. The summed E-state index contributed by atoms with van der Waals surface area (Å²) in [4.78, 5) is 30.3. The lowest BCUT2D eigenvalue weighted by molar-refractivity contribution is -0.129. The van der Waals surface area contributed by atoms with E-state index in [1.54, 1.807) is 10.8 Å². The molecule has 1 aliphatic heterocycles. The second-order valence-corrected chi connectivity index (χ2v) is 12.2. The Bertz CT molecular complexity index is 2130. The van der Waals surface area contributed by atoms with Crippen molar-refractivity contribution in [3.8, 4) is 22.9 Å². The Balaban J connectivity index is 1.69. The molecule has 0 spiro atoms. The van der Waals surface area contributed by atoms with Crippen molar-refractivity contribution in [3.05, 3.63) is 99.2 Å². The van der Waals surface area contributed by atoms with Gasteiger partial charge in [-0.3, -0.25) is 19.3 Å². The molecule has 1 aliphatic rings. The van der Waals surface area contributed by atoms with Gasteiger partial charge in [0.2, 0.25) is 0 Å². The van der Waals surface area contributed by atoms with Gasteiger partial charge in [-0.05, 0) is 60.7 Å². The van der Waals surface area contributed by atoms with Crippen LogP contribution in [0.3, 0.4) is 0 Å². The minimum absolute atomic E-state index is 0.0282. The molecule has 5 aromatic rings. The number of rotatable bonds is 5. The van der Waals surface area contributed by atoms with Crippen molar-refractivity contribution in [1.82, 2.24) is 19.7 Å². The summed E-state index contributed by atoms with van der Waals surface area (Å²) >= 11 is 7.12. The van der Waals surface area contributed by atoms with E-state index >= 15 is 0 Å². The molecule has 1 amide bonds. The maximum atomic E-state index is 14.5. The van der Waals surface area contributed by atoms with Crippen LogP contribution in [0.1, 0.15) is 43.4 Å². The van der Waals surface area contributed by atoms with E-state index in [2.05, 4.69) is 36.7 Å². The molecule has 0 radical (unpaired) electrons. The summed E-state index contributed by atoms with van der Waals surface area (Å²) in [5, 5.41) is 19.7. The molecule has 45 heavy (non-hydrogen) atoms. The summed E-state index contributed by atoms with van der Waals surface area (Å²) in [7, 11) is 0. The van der Waals surface area contributed by atoms with E-state index in [4.69, 9.17) is 11.6 Å². The average molecular weight is 623 g/mol. The zero-order chi connectivity index (χ0) is 32.2. The fourth-order valence-corrected chi connectivity index (χ4v) is 6.79. The summed E-state index contributed by atoms with van der Waals surface area (Å²) in [6.07, 6.45) is 1.76. The summed E-state index contributed by atoms with van der Waals surface area (Å²) in [6.45, 7) is 11.8. The third kappa shape index (κ3) is 4.95. The van der Waals surface area contributed by atoms with Crippen LogP contribution in [0.2, 0.25) is 5.02 Å². The molecule has 8 nitrogen and oxygen atoms in total. The molecule has 3 heterocycles. The number of fused-ring (bicyclic) bond motifs is 2. The number of halogens is 2. The van der Waals surface area contributed by atoms with Crippen LogP contribution in [0.15, 0.2) is 71.9 Å². The number of amides is 1. The normalized spacial score (nSPS) is 15.2. The molecule has 0 saturated carbocycles. The smallest absolute Gasteiger partial charge is 0.282 e. The Labute approximate surface area is 264 Å². The summed E-state index contributed by atoms with van der Waals surface area (Å²) in [6, 6.07) is 17.3. The topological polar surface area (TPSA) is 98.0 Å². The number of carbonyl (C=O) groups excluding carboxylic acids is 1. The molecular weight excluding hydrogens is 591 g/mol. The number of pyridine rings is 1. The lowest BCUT2D eigenvalue weighted by Crippen LogP contribution is -2.54. The standard InChI is InChI=1S/C35H32ClFN6O2/c1-19(2)23-8-6-7-9-30(23)43-31-15-24(32-20(3)10-11-29-27(32)17-39-40-29)28(36)14-25(31)33(26(16-38)35(43)45)42-13-12-41(18-21(42)4)34(44)22(5)37/h6-11,14-15,17,19,21H,5,12-13,18H2,1-4H3,(H,39,40)/t21-/m0/s1. The molecule has 1 fully saturated rings. The molecule has 6 rings (SSSR count). The van der Waals surface area contributed by atoms with Crippen molar-refractivity contribution in [2.75, 3.05) is 24.5 Å². The van der Waals surface area contributed by atoms with Crippen LogP contribution in [-0.2, 0) is 4.79 Å². The molecule has 2 aromatic heterocycles. The van der Waals surface area contributed by atoms with Gasteiger partial charge in [0.1, 0.15) is 11.6 Å². The van der Waals surface area contributed by atoms with Crippen molar-refractivity contribution in [1.29, 1.82) is 5.26 Å². The molecule has 0 aliphatic carbocycles. The number of benzene rings is 3. The number of H-pyrrole nitrogens is 1. The molecule has 228 valence electrons. The zero-order valence-electron chi connectivity index (χ0n) is 25.5. The van der Waals surface area contributed by atoms with E-state index in [0.717, 1.165) is 33.2 Å². The first-order chi connectivity index (χ1) is 21.5. The maximum Gasteiger partial charge on any atom is 0.282 e. The van der Waals surface area contributed by atoms with Crippen LogP contribution in [0.5, 0.6) is 0 Å². The number of aromatic amines is 1. The third-order valence-electron chi connectivity index (χ3n) is 8.68. The van der Waals surface area contributed by atoms with E-state index in [9.17, 15) is 19.2 Å². The second kappa shape index (κ2) is 11.5. The molecule has 10 heteroatoms. The van der Waals surface area contributed by atoms with E-state index in [1.807, 2.05) is 67.3 Å². The Morgan fingerprint density at radius 3 is 2.62 bits per heavy atom. The number of piperazine rings is 1. The lowest BCUT2D eigenvalue weighted by atomic mass is 9.94. The van der Waals surface area contributed by atoms with Crippen molar-refractivity contribution in [2.24, 2.45) is 0 Å². The van der Waals surface area contributed by atoms with E-state index in [0.29, 0.717) is 27.3 Å². The minimum Gasteiger partial charge on any atom is -0.363 e. The summed E-state index contributed by atoms with van der Waals surface area (Å²) in [5.74, 6) is -1.69. The number of nitrogens with zero attached hydrogens (tertiary/aromatic N) is 5. The fourth-order valence-electron chi connectivity index (χ4n) is 6.53. The number of hydrogen-bond donors (Lipinski definition) is 1. The second-order valence-electron chi connectivity index (χ2n) is 11.8. The SMILES string of the molecule is C=C(F)C(=O)N1CCN(c2c(C#N)c(=O)n(-c3ccccc3C(C)C)c3cc(-c4c(C)ccc5[nH]ncc45)c(Cl)cc23)[C@@H](C)C1. The third-order valence-corrected chi connectivity index (χ3v) is 9.00. The van der Waals surface area contributed by atoms with Gasteiger partial charge < -0.3 is 9.80 Å². The number of nitrogens with one attached hydrogen (secondary N) is 1. The quantitative estimate of drug-likeness (QED) is 0.213. The molecule has 1 saturated heterocycles. The molecule has 1 N–H and O–H groups in total. The number of anilines is 1. The van der Waals surface area contributed by atoms with Gasteiger partial charge in [-0.2, -0.15) is 10.4 Å².